The minimum atomic E-state index is 0.663. The summed E-state index contributed by atoms with van der Waals surface area (Å²) in [6, 6.07) is 3.68. The highest BCUT2D eigenvalue weighted by Crippen LogP contribution is 2.11. The number of nitrogens with one attached hydrogen (secondary N) is 1. The van der Waals surface area contributed by atoms with Crippen LogP contribution in [-0.4, -0.2) is 21.1 Å². The first-order valence-corrected chi connectivity index (χ1v) is 6.79. The Labute approximate surface area is 112 Å². The maximum atomic E-state index is 5.89. The summed E-state index contributed by atoms with van der Waals surface area (Å²) in [4.78, 5) is 4.37. The van der Waals surface area contributed by atoms with E-state index in [1.807, 2.05) is 12.1 Å². The molecule has 0 saturated heterocycles. The van der Waals surface area contributed by atoms with Gasteiger partial charge in [-0.3, -0.25) is 0 Å². The van der Waals surface area contributed by atoms with Gasteiger partial charge < -0.3 is 5.32 Å². The molecule has 0 amide bonds. The van der Waals surface area contributed by atoms with E-state index in [4.69, 9.17) is 11.6 Å². The molecule has 0 spiro atoms. The molecule has 98 valence electrons. The third kappa shape index (κ3) is 3.60. The van der Waals surface area contributed by atoms with Crippen LogP contribution in [-0.2, 0) is 0 Å². The van der Waals surface area contributed by atoms with Crippen molar-refractivity contribution in [3.05, 3.63) is 23.4 Å². The summed E-state index contributed by atoms with van der Waals surface area (Å²) in [6.45, 7) is 5.42. The average molecular weight is 267 g/mol. The lowest BCUT2D eigenvalue weighted by Crippen LogP contribution is -2.03. The normalized spacial score (nSPS) is 11.3. The third-order valence-corrected chi connectivity index (χ3v) is 3.01. The first-order chi connectivity index (χ1) is 8.65. The second-order valence-corrected chi connectivity index (χ2v) is 5.34. The summed E-state index contributed by atoms with van der Waals surface area (Å²) < 4.78 is 1.69. The fourth-order valence-corrected chi connectivity index (χ4v) is 1.97. The highest BCUT2D eigenvalue weighted by Gasteiger charge is 2.02. The molecule has 2 rings (SSSR count). The number of halogens is 1. The molecule has 5 heteroatoms. The molecule has 0 bridgehead atoms. The molecule has 0 fully saturated rings. The molecule has 0 aliphatic heterocycles. The van der Waals surface area contributed by atoms with Crippen molar-refractivity contribution in [3.63, 3.8) is 0 Å². The predicted molar refractivity (Wildman–Crippen MR) is 75.2 cm³/mol. The van der Waals surface area contributed by atoms with Crippen molar-refractivity contribution in [1.29, 1.82) is 0 Å². The Balaban J connectivity index is 1.84. The first kappa shape index (κ1) is 13.1. The van der Waals surface area contributed by atoms with Gasteiger partial charge >= 0.3 is 0 Å². The van der Waals surface area contributed by atoms with E-state index in [1.165, 1.54) is 12.8 Å². The Hall–Kier alpha value is -1.29. The van der Waals surface area contributed by atoms with Crippen molar-refractivity contribution in [1.82, 2.24) is 14.6 Å². The zero-order chi connectivity index (χ0) is 13.0. The quantitative estimate of drug-likeness (QED) is 0.812. The minimum absolute atomic E-state index is 0.663. The van der Waals surface area contributed by atoms with E-state index in [1.54, 1.807) is 10.7 Å². The van der Waals surface area contributed by atoms with E-state index in [0.717, 1.165) is 24.5 Å². The number of anilines is 1. The Morgan fingerprint density at radius 1 is 1.33 bits per heavy atom. The van der Waals surface area contributed by atoms with Crippen LogP contribution in [0.15, 0.2) is 18.3 Å². The fourth-order valence-electron chi connectivity index (χ4n) is 1.81. The van der Waals surface area contributed by atoms with Crippen molar-refractivity contribution in [2.45, 2.75) is 33.1 Å². The molecule has 0 atom stereocenters. The van der Waals surface area contributed by atoms with E-state index >= 15 is 0 Å². The van der Waals surface area contributed by atoms with Crippen molar-refractivity contribution in [3.8, 4) is 0 Å². The minimum Gasteiger partial charge on any atom is -0.353 e. The molecule has 1 N–H and O–H groups in total. The molecule has 0 saturated carbocycles. The monoisotopic (exact) mass is 266 g/mol. The summed E-state index contributed by atoms with van der Waals surface area (Å²) >= 11 is 5.89. The van der Waals surface area contributed by atoms with Crippen LogP contribution in [0.25, 0.3) is 5.65 Å². The Morgan fingerprint density at radius 3 is 2.94 bits per heavy atom. The molecule has 18 heavy (non-hydrogen) atoms. The van der Waals surface area contributed by atoms with Gasteiger partial charge in [-0.1, -0.05) is 38.3 Å². The molecule has 4 nitrogen and oxygen atoms in total. The molecule has 0 unspecified atom stereocenters. The molecular formula is C13H19ClN4. The van der Waals surface area contributed by atoms with Gasteiger partial charge in [0.15, 0.2) is 5.65 Å². The van der Waals surface area contributed by atoms with Gasteiger partial charge in [-0.15, -0.1) is 5.10 Å². The SMILES string of the molecule is CC(C)CCCCNc1nc2ccc(Cl)cn2n1. The highest BCUT2D eigenvalue weighted by atomic mass is 35.5. The average Bonchev–Trinajstić information content (AvgIpc) is 2.70. The van der Waals surface area contributed by atoms with Crippen LogP contribution in [0.5, 0.6) is 0 Å². The topological polar surface area (TPSA) is 42.2 Å². The van der Waals surface area contributed by atoms with Gasteiger partial charge in [-0.05, 0) is 24.5 Å². The van der Waals surface area contributed by atoms with E-state index < -0.39 is 0 Å². The summed E-state index contributed by atoms with van der Waals surface area (Å²) in [5, 5.41) is 8.22. The zero-order valence-electron chi connectivity index (χ0n) is 10.9. The second kappa shape index (κ2) is 6.05. The van der Waals surface area contributed by atoms with Crippen LogP contribution in [0.4, 0.5) is 5.95 Å². The number of pyridine rings is 1. The number of rotatable bonds is 6. The standard InChI is InChI=1S/C13H19ClN4/c1-10(2)5-3-4-8-15-13-16-12-7-6-11(14)9-18(12)17-13/h6-7,9-10H,3-5,8H2,1-2H3,(H,15,17). The summed E-state index contributed by atoms with van der Waals surface area (Å²) in [7, 11) is 0. The molecule has 2 aromatic heterocycles. The van der Waals surface area contributed by atoms with Gasteiger partial charge in [0.25, 0.3) is 0 Å². The number of nitrogens with zero attached hydrogens (tertiary/aromatic N) is 3. The maximum Gasteiger partial charge on any atom is 0.243 e. The number of aromatic nitrogens is 3. The van der Waals surface area contributed by atoms with E-state index in [9.17, 15) is 0 Å². The number of fused-ring (bicyclic) bond motifs is 1. The molecule has 2 aromatic rings. The third-order valence-electron chi connectivity index (χ3n) is 2.79. The van der Waals surface area contributed by atoms with Gasteiger partial charge in [0.1, 0.15) is 0 Å². The molecule has 2 heterocycles. The van der Waals surface area contributed by atoms with Gasteiger partial charge in [-0.25, -0.2) is 4.52 Å². The van der Waals surface area contributed by atoms with Crippen LogP contribution in [0.1, 0.15) is 33.1 Å². The van der Waals surface area contributed by atoms with Gasteiger partial charge in [0, 0.05) is 12.7 Å². The van der Waals surface area contributed by atoms with E-state index in [2.05, 4.69) is 29.2 Å². The second-order valence-electron chi connectivity index (χ2n) is 4.90. The molecule has 0 aromatic carbocycles. The van der Waals surface area contributed by atoms with Crippen molar-refractivity contribution >= 4 is 23.2 Å². The zero-order valence-corrected chi connectivity index (χ0v) is 11.6. The molecular weight excluding hydrogens is 248 g/mol. The Bertz CT molecular complexity index is 507. The Morgan fingerprint density at radius 2 is 2.17 bits per heavy atom. The highest BCUT2D eigenvalue weighted by molar-refractivity contribution is 6.30. The summed E-state index contributed by atoms with van der Waals surface area (Å²) in [6.07, 6.45) is 5.42. The number of hydrogen-bond acceptors (Lipinski definition) is 3. The lowest BCUT2D eigenvalue weighted by Gasteiger charge is -2.04. The van der Waals surface area contributed by atoms with Crippen LogP contribution >= 0.6 is 11.6 Å². The summed E-state index contributed by atoms with van der Waals surface area (Å²) in [5.41, 5.74) is 0.809. The number of unbranched alkanes of at least 4 members (excludes halogenated alkanes) is 1. The van der Waals surface area contributed by atoms with Crippen molar-refractivity contribution in [2.24, 2.45) is 5.92 Å². The van der Waals surface area contributed by atoms with Crippen LogP contribution in [0.2, 0.25) is 5.02 Å². The largest absolute Gasteiger partial charge is 0.353 e. The van der Waals surface area contributed by atoms with Crippen LogP contribution in [0, 0.1) is 5.92 Å². The summed E-state index contributed by atoms with van der Waals surface area (Å²) in [5.74, 6) is 1.45. The van der Waals surface area contributed by atoms with E-state index in [0.29, 0.717) is 11.0 Å². The van der Waals surface area contributed by atoms with Crippen LogP contribution in [0.3, 0.4) is 0 Å². The van der Waals surface area contributed by atoms with Gasteiger partial charge in [-0.2, -0.15) is 4.98 Å². The van der Waals surface area contributed by atoms with Crippen molar-refractivity contribution in [2.75, 3.05) is 11.9 Å². The fraction of sp³-hybridized carbons (Fsp3) is 0.538. The predicted octanol–water partition coefficient (Wildman–Crippen LogP) is 3.62. The smallest absolute Gasteiger partial charge is 0.243 e. The van der Waals surface area contributed by atoms with Crippen LogP contribution < -0.4 is 5.32 Å². The molecule has 0 radical (unpaired) electrons. The van der Waals surface area contributed by atoms with Gasteiger partial charge in [0.2, 0.25) is 5.95 Å². The first-order valence-electron chi connectivity index (χ1n) is 6.41. The maximum absolute atomic E-state index is 5.89. The lowest BCUT2D eigenvalue weighted by atomic mass is 10.1. The molecule has 0 aliphatic rings. The number of hydrogen-bond donors (Lipinski definition) is 1. The lowest BCUT2D eigenvalue weighted by molar-refractivity contribution is 0.544. The van der Waals surface area contributed by atoms with Gasteiger partial charge in [0.05, 0.1) is 5.02 Å². The van der Waals surface area contributed by atoms with E-state index in [-0.39, 0.29) is 0 Å². The Kier molecular flexibility index (Phi) is 4.42. The van der Waals surface area contributed by atoms with Crippen molar-refractivity contribution < 1.29 is 0 Å². The molecule has 0 aliphatic carbocycles.